The standard InChI is InChI=1S/C23H19OS2.ClH.Zn/c1-2-15-24-20-11-9-18(10-12-20)17-5-7-19(8-6-17)21-13-14-23(26-21)22-4-3-16-25-22;;/h3-14H,2,15H2,1H3;1H;/q-1;;+2/p-1. The van der Waals surface area contributed by atoms with E-state index in [1.807, 2.05) is 29.5 Å². The van der Waals surface area contributed by atoms with E-state index in [2.05, 4.69) is 66.9 Å². The molecule has 2 aromatic carbocycles. The van der Waals surface area contributed by atoms with Crippen molar-refractivity contribution in [3.8, 4) is 37.1 Å². The summed E-state index contributed by atoms with van der Waals surface area (Å²) in [6, 6.07) is 25.6. The molecule has 0 aliphatic heterocycles. The van der Waals surface area contributed by atoms with Crippen molar-refractivity contribution in [3.63, 3.8) is 0 Å². The first kappa shape index (κ1) is 22.8. The minimum Gasteiger partial charge on any atom is -1.00 e. The summed E-state index contributed by atoms with van der Waals surface area (Å²) in [6.45, 7) is 2.88. The fraction of sp³-hybridized carbons (Fsp3) is 0.130. The van der Waals surface area contributed by atoms with Crippen molar-refractivity contribution in [2.24, 2.45) is 0 Å². The van der Waals surface area contributed by atoms with E-state index in [4.69, 9.17) is 4.74 Å². The summed E-state index contributed by atoms with van der Waals surface area (Å²) in [6.07, 6.45) is 1.03. The summed E-state index contributed by atoms with van der Waals surface area (Å²) in [7, 11) is 0. The molecule has 4 aromatic rings. The van der Waals surface area contributed by atoms with Crippen molar-refractivity contribution in [1.29, 1.82) is 0 Å². The van der Waals surface area contributed by atoms with Crippen LogP contribution in [0.3, 0.4) is 0 Å². The molecule has 0 bridgehead atoms. The third-order valence-electron chi connectivity index (χ3n) is 4.15. The number of hydrogen-bond donors (Lipinski definition) is 0. The summed E-state index contributed by atoms with van der Waals surface area (Å²) in [5.74, 6) is 0.934. The molecule has 138 valence electrons. The molecule has 0 spiro atoms. The second-order valence-electron chi connectivity index (χ2n) is 6.03. The van der Waals surface area contributed by atoms with Gasteiger partial charge in [0.1, 0.15) is 5.75 Å². The van der Waals surface area contributed by atoms with Crippen LogP contribution in [0.15, 0.2) is 72.8 Å². The topological polar surface area (TPSA) is 9.23 Å². The summed E-state index contributed by atoms with van der Waals surface area (Å²) in [5, 5.41) is 3.16. The zero-order chi connectivity index (χ0) is 17.8. The quantitative estimate of drug-likeness (QED) is 0.296. The molecule has 0 atom stereocenters. The van der Waals surface area contributed by atoms with Gasteiger partial charge in [0.2, 0.25) is 0 Å². The fourth-order valence-corrected chi connectivity index (χ4v) is 4.54. The summed E-state index contributed by atoms with van der Waals surface area (Å²) >= 11 is 3.49. The van der Waals surface area contributed by atoms with Gasteiger partial charge in [0.15, 0.2) is 0 Å². The Balaban J connectivity index is 0.00000140. The maximum Gasteiger partial charge on any atom is 2.00 e. The molecule has 0 unspecified atom stereocenters. The zero-order valence-electron chi connectivity index (χ0n) is 15.7. The third-order valence-corrected chi connectivity index (χ3v) is 6.28. The maximum absolute atomic E-state index is 5.66. The van der Waals surface area contributed by atoms with Crippen molar-refractivity contribution in [2.75, 3.05) is 6.61 Å². The normalized spacial score (nSPS) is 10.0. The molecular weight excluding hydrogens is 457 g/mol. The second kappa shape index (κ2) is 10.9. The number of halogens is 1. The first-order chi connectivity index (χ1) is 12.8. The van der Waals surface area contributed by atoms with Gasteiger partial charge in [-0.25, -0.2) is 0 Å². The number of ether oxygens (including phenoxy) is 1. The van der Waals surface area contributed by atoms with Crippen LogP contribution in [-0.2, 0) is 19.5 Å². The van der Waals surface area contributed by atoms with E-state index >= 15 is 0 Å². The zero-order valence-corrected chi connectivity index (χ0v) is 21.0. The molecule has 0 fully saturated rings. The summed E-state index contributed by atoms with van der Waals surface area (Å²) < 4.78 is 5.66. The molecule has 1 nitrogen and oxygen atoms in total. The molecule has 2 aromatic heterocycles. The van der Waals surface area contributed by atoms with Crippen molar-refractivity contribution >= 4 is 22.7 Å². The minimum atomic E-state index is 0. The number of rotatable bonds is 6. The Morgan fingerprint density at radius 2 is 1.36 bits per heavy atom. The Kier molecular flexibility index (Phi) is 8.91. The van der Waals surface area contributed by atoms with Crippen LogP contribution in [-0.4, -0.2) is 6.61 Å². The predicted molar refractivity (Wildman–Crippen MR) is 113 cm³/mol. The van der Waals surface area contributed by atoms with Crippen LogP contribution in [0.4, 0.5) is 0 Å². The minimum absolute atomic E-state index is 0. The third kappa shape index (κ3) is 5.33. The van der Waals surface area contributed by atoms with Gasteiger partial charge >= 0.3 is 19.5 Å². The Morgan fingerprint density at radius 1 is 0.750 bits per heavy atom. The van der Waals surface area contributed by atoms with Crippen LogP contribution in [0.2, 0.25) is 0 Å². The van der Waals surface area contributed by atoms with E-state index in [0.717, 1.165) is 18.8 Å². The van der Waals surface area contributed by atoms with Gasteiger partial charge in [-0.3, -0.25) is 11.3 Å². The number of thiophene rings is 2. The van der Waals surface area contributed by atoms with Crippen LogP contribution in [0.25, 0.3) is 31.3 Å². The van der Waals surface area contributed by atoms with E-state index in [9.17, 15) is 0 Å². The van der Waals surface area contributed by atoms with Gasteiger partial charge in [-0.05, 0) is 46.2 Å². The van der Waals surface area contributed by atoms with Gasteiger partial charge in [-0.15, -0.1) is 21.6 Å². The molecule has 28 heavy (non-hydrogen) atoms. The molecular formula is C23H19ClOS2Zn. The maximum atomic E-state index is 5.66. The van der Waals surface area contributed by atoms with Gasteiger partial charge in [-0.1, -0.05) is 49.4 Å². The average molecular weight is 476 g/mol. The summed E-state index contributed by atoms with van der Waals surface area (Å²) in [5.41, 5.74) is 3.69. The Morgan fingerprint density at radius 3 is 1.96 bits per heavy atom. The molecule has 0 amide bonds. The van der Waals surface area contributed by atoms with Crippen molar-refractivity contribution < 1.29 is 36.6 Å². The van der Waals surface area contributed by atoms with Crippen LogP contribution >= 0.6 is 22.7 Å². The largest absolute Gasteiger partial charge is 2.00 e. The van der Waals surface area contributed by atoms with Crippen molar-refractivity contribution in [2.45, 2.75) is 13.3 Å². The molecule has 0 saturated carbocycles. The van der Waals surface area contributed by atoms with Crippen LogP contribution in [0, 0.1) is 5.38 Å². The Hall–Kier alpha value is -1.45. The van der Waals surface area contributed by atoms with Crippen molar-refractivity contribution in [3.05, 3.63) is 78.2 Å². The smallest absolute Gasteiger partial charge is 1.00 e. The molecule has 5 heteroatoms. The van der Waals surface area contributed by atoms with E-state index in [1.54, 1.807) is 11.3 Å². The summed E-state index contributed by atoms with van der Waals surface area (Å²) in [4.78, 5) is 3.88. The van der Waals surface area contributed by atoms with Gasteiger partial charge in [-0.2, -0.15) is 12.1 Å². The van der Waals surface area contributed by atoms with E-state index in [0.29, 0.717) is 0 Å². The molecule has 0 aliphatic rings. The molecule has 0 aliphatic carbocycles. The van der Waals surface area contributed by atoms with Crippen LogP contribution in [0.1, 0.15) is 13.3 Å². The average Bonchev–Trinajstić information content (AvgIpc) is 3.38. The monoisotopic (exact) mass is 474 g/mol. The molecule has 0 saturated heterocycles. The van der Waals surface area contributed by atoms with Gasteiger partial charge in [0, 0.05) is 4.88 Å². The van der Waals surface area contributed by atoms with Crippen molar-refractivity contribution in [1.82, 2.24) is 0 Å². The van der Waals surface area contributed by atoms with E-state index in [-0.39, 0.29) is 31.9 Å². The van der Waals surface area contributed by atoms with E-state index in [1.165, 1.54) is 31.3 Å². The molecule has 0 N–H and O–H groups in total. The fourth-order valence-electron chi connectivity index (χ4n) is 2.79. The van der Waals surface area contributed by atoms with Gasteiger partial charge in [0.05, 0.1) is 6.61 Å². The first-order valence-electron chi connectivity index (χ1n) is 8.73. The van der Waals surface area contributed by atoms with Gasteiger partial charge < -0.3 is 17.1 Å². The SMILES string of the molecule is CCCOc1ccc(-c2ccc(-c3ccc(-c4cc[c-]s4)s3)cc2)cc1.[Cl-].[Zn+2]. The first-order valence-corrected chi connectivity index (χ1v) is 10.4. The van der Waals surface area contributed by atoms with Gasteiger partial charge in [0.25, 0.3) is 0 Å². The predicted octanol–water partition coefficient (Wildman–Crippen LogP) is 4.40. The van der Waals surface area contributed by atoms with Crippen LogP contribution < -0.4 is 17.1 Å². The second-order valence-corrected chi connectivity index (χ2v) is 8.00. The molecule has 4 rings (SSSR count). The number of hydrogen-bond acceptors (Lipinski definition) is 3. The number of benzene rings is 2. The Bertz CT molecular complexity index is 961. The molecule has 0 radical (unpaired) electrons. The van der Waals surface area contributed by atoms with Crippen LogP contribution in [0.5, 0.6) is 5.75 Å². The Labute approximate surface area is 193 Å². The molecule has 2 heterocycles. The van der Waals surface area contributed by atoms with E-state index < -0.39 is 0 Å².